The second-order valence-corrected chi connectivity index (χ2v) is 9.46. The smallest absolute Gasteiger partial charge is 0.198 e. The summed E-state index contributed by atoms with van der Waals surface area (Å²) >= 11 is 3.43. The van der Waals surface area contributed by atoms with E-state index < -0.39 is 5.54 Å². The molecule has 0 spiro atoms. The first kappa shape index (κ1) is 22.1. The van der Waals surface area contributed by atoms with Crippen LogP contribution in [0, 0.1) is 0 Å². The van der Waals surface area contributed by atoms with Crippen LogP contribution in [0.15, 0.2) is 71.3 Å². The van der Waals surface area contributed by atoms with Gasteiger partial charge in [-0.25, -0.2) is 4.98 Å². The normalized spacial score (nSPS) is 18.5. The largest absolute Gasteiger partial charge is 0.297 e. The van der Waals surface area contributed by atoms with Crippen LogP contribution in [0.25, 0.3) is 0 Å². The van der Waals surface area contributed by atoms with Gasteiger partial charge in [-0.2, -0.15) is 0 Å². The molecule has 33 heavy (non-hydrogen) atoms. The molecular weight excluding hydrogens is 478 g/mol. The molecule has 0 saturated carbocycles. The fourth-order valence-corrected chi connectivity index (χ4v) is 5.55. The Hall–Kier alpha value is -2.67. The predicted molar refractivity (Wildman–Crippen MR) is 131 cm³/mol. The highest BCUT2D eigenvalue weighted by molar-refractivity contribution is 9.10. The first-order valence-corrected chi connectivity index (χ1v) is 12.2. The Morgan fingerprint density at radius 2 is 1.42 bits per heavy atom. The lowest BCUT2D eigenvalue weighted by atomic mass is 9.85. The highest BCUT2D eigenvalue weighted by Gasteiger charge is 2.59. The van der Waals surface area contributed by atoms with E-state index in [0.29, 0.717) is 34.5 Å². The first-order valence-electron chi connectivity index (χ1n) is 11.4. The molecule has 1 aliphatic carbocycles. The van der Waals surface area contributed by atoms with Gasteiger partial charge < -0.3 is 0 Å². The zero-order valence-corrected chi connectivity index (χ0v) is 20.2. The van der Waals surface area contributed by atoms with Crippen molar-refractivity contribution in [3.8, 4) is 0 Å². The van der Waals surface area contributed by atoms with Crippen LogP contribution < -0.4 is 0 Å². The third kappa shape index (κ3) is 3.66. The maximum atomic E-state index is 13.9. The minimum absolute atomic E-state index is 0.168. The third-order valence-corrected chi connectivity index (χ3v) is 7.34. The number of piperazine rings is 1. The van der Waals surface area contributed by atoms with Crippen LogP contribution in [0.1, 0.15) is 44.5 Å². The number of hydrogen-bond donors (Lipinski definition) is 0. The Morgan fingerprint density at radius 1 is 0.818 bits per heavy atom. The fraction of sp³-hybridized carbons (Fsp3) is 0.296. The Kier molecular flexibility index (Phi) is 5.99. The van der Waals surface area contributed by atoms with E-state index in [1.165, 1.54) is 11.1 Å². The van der Waals surface area contributed by atoms with Gasteiger partial charge in [0, 0.05) is 43.9 Å². The number of fused-ring (bicyclic) bond motifs is 1. The summed E-state index contributed by atoms with van der Waals surface area (Å²) in [5.74, 6) is -0.336. The molecule has 2 aliphatic rings. The van der Waals surface area contributed by atoms with Gasteiger partial charge in [-0.3, -0.25) is 19.4 Å². The fourth-order valence-electron chi connectivity index (χ4n) is 5.20. The molecule has 5 rings (SSSR count). The number of halogens is 1. The molecule has 1 aliphatic heterocycles. The quantitative estimate of drug-likeness (QED) is 0.379. The molecule has 0 N–H and O–H groups in total. The average Bonchev–Trinajstić information content (AvgIpc) is 3.08. The Labute approximate surface area is 202 Å². The van der Waals surface area contributed by atoms with Gasteiger partial charge in [-0.1, -0.05) is 61.5 Å². The Balaban J connectivity index is 1.46. The number of aryl methyl sites for hydroxylation is 1. The second-order valence-electron chi connectivity index (χ2n) is 8.65. The predicted octanol–water partition coefficient (Wildman–Crippen LogP) is 4.50. The SMILES string of the molecule is CCc1ccccc1CN1CCN(C2(c3cccc(Br)n3)C(=O)c3ccccc3C2=O)CC1. The van der Waals surface area contributed by atoms with Crippen molar-refractivity contribution in [1.29, 1.82) is 0 Å². The van der Waals surface area contributed by atoms with Crippen molar-refractivity contribution in [2.75, 3.05) is 26.2 Å². The molecular formula is C27H26BrN3O2. The van der Waals surface area contributed by atoms with Crippen LogP contribution in [0.5, 0.6) is 0 Å². The maximum Gasteiger partial charge on any atom is 0.198 e. The highest BCUT2D eigenvalue weighted by atomic mass is 79.9. The van der Waals surface area contributed by atoms with Gasteiger partial charge >= 0.3 is 0 Å². The van der Waals surface area contributed by atoms with Crippen molar-refractivity contribution in [3.05, 3.63) is 99.3 Å². The van der Waals surface area contributed by atoms with Crippen molar-refractivity contribution < 1.29 is 9.59 Å². The molecule has 168 valence electrons. The van der Waals surface area contributed by atoms with Crippen LogP contribution in [0.4, 0.5) is 0 Å². The van der Waals surface area contributed by atoms with E-state index in [1.54, 1.807) is 18.2 Å². The number of aromatic nitrogens is 1. The van der Waals surface area contributed by atoms with Crippen molar-refractivity contribution in [3.63, 3.8) is 0 Å². The Morgan fingerprint density at radius 3 is 2.03 bits per heavy atom. The molecule has 0 radical (unpaired) electrons. The number of nitrogens with zero attached hydrogens (tertiary/aromatic N) is 3. The van der Waals surface area contributed by atoms with E-state index in [-0.39, 0.29) is 11.6 Å². The van der Waals surface area contributed by atoms with E-state index in [4.69, 9.17) is 0 Å². The van der Waals surface area contributed by atoms with E-state index in [0.717, 1.165) is 26.1 Å². The molecule has 6 heteroatoms. The van der Waals surface area contributed by atoms with Gasteiger partial charge in [0.15, 0.2) is 17.1 Å². The van der Waals surface area contributed by atoms with Crippen molar-refractivity contribution in [1.82, 2.24) is 14.8 Å². The minimum Gasteiger partial charge on any atom is -0.297 e. The van der Waals surface area contributed by atoms with E-state index in [1.807, 2.05) is 24.3 Å². The summed E-state index contributed by atoms with van der Waals surface area (Å²) in [6.07, 6.45) is 1.01. The van der Waals surface area contributed by atoms with Gasteiger partial charge in [0.2, 0.25) is 0 Å². The lowest BCUT2D eigenvalue weighted by Crippen LogP contribution is -2.60. The Bertz CT molecular complexity index is 1180. The first-order chi connectivity index (χ1) is 16.1. The van der Waals surface area contributed by atoms with Gasteiger partial charge in [-0.15, -0.1) is 0 Å². The minimum atomic E-state index is -1.40. The molecule has 1 aromatic heterocycles. The summed E-state index contributed by atoms with van der Waals surface area (Å²) < 4.78 is 0.616. The summed E-state index contributed by atoms with van der Waals surface area (Å²) in [6, 6.07) is 21.2. The van der Waals surface area contributed by atoms with E-state index in [2.05, 4.69) is 61.9 Å². The van der Waals surface area contributed by atoms with Crippen LogP contribution in [0.2, 0.25) is 0 Å². The summed E-state index contributed by atoms with van der Waals surface area (Å²) in [5.41, 5.74) is 2.78. The number of Topliss-reactive ketones (excluding diaryl/α,β-unsaturated/α-hetero) is 2. The van der Waals surface area contributed by atoms with Gasteiger partial charge in [0.05, 0.1) is 5.69 Å². The number of benzene rings is 2. The topological polar surface area (TPSA) is 53.5 Å². The molecule has 2 heterocycles. The van der Waals surface area contributed by atoms with Crippen LogP contribution in [0.3, 0.4) is 0 Å². The van der Waals surface area contributed by atoms with Gasteiger partial charge in [0.25, 0.3) is 0 Å². The van der Waals surface area contributed by atoms with Crippen molar-refractivity contribution >= 4 is 27.5 Å². The van der Waals surface area contributed by atoms with Crippen LogP contribution in [-0.2, 0) is 18.5 Å². The molecule has 0 atom stereocenters. The molecule has 0 bridgehead atoms. The molecule has 3 aromatic rings. The number of carbonyl (C=O) groups is 2. The summed E-state index contributed by atoms with van der Waals surface area (Å²) in [7, 11) is 0. The van der Waals surface area contributed by atoms with Gasteiger partial charge in [-0.05, 0) is 45.6 Å². The molecule has 1 fully saturated rings. The van der Waals surface area contributed by atoms with Crippen molar-refractivity contribution in [2.45, 2.75) is 25.4 Å². The standard InChI is InChI=1S/C27H26BrN3O2/c1-2-19-8-3-4-9-20(19)18-30-14-16-31(17-15-30)27(23-12-7-13-24(28)29-23)25(32)21-10-5-6-11-22(21)26(27)33/h3-13H,2,14-18H2,1H3. The zero-order valence-electron chi connectivity index (χ0n) is 18.6. The van der Waals surface area contributed by atoms with Crippen LogP contribution >= 0.6 is 15.9 Å². The number of pyridine rings is 1. The number of carbonyl (C=O) groups excluding carboxylic acids is 2. The molecule has 1 saturated heterocycles. The summed E-state index contributed by atoms with van der Waals surface area (Å²) in [4.78, 5) is 36.8. The van der Waals surface area contributed by atoms with Crippen molar-refractivity contribution in [2.24, 2.45) is 0 Å². The highest BCUT2D eigenvalue weighted by Crippen LogP contribution is 2.42. The maximum absolute atomic E-state index is 13.9. The molecule has 0 unspecified atom stereocenters. The number of hydrogen-bond acceptors (Lipinski definition) is 5. The van der Waals surface area contributed by atoms with E-state index in [9.17, 15) is 9.59 Å². The monoisotopic (exact) mass is 503 g/mol. The van der Waals surface area contributed by atoms with E-state index >= 15 is 0 Å². The summed E-state index contributed by atoms with van der Waals surface area (Å²) in [5, 5.41) is 0. The van der Waals surface area contributed by atoms with Crippen LogP contribution in [-0.4, -0.2) is 52.5 Å². The zero-order chi connectivity index (χ0) is 23.0. The van der Waals surface area contributed by atoms with Gasteiger partial charge in [0.1, 0.15) is 4.60 Å². The molecule has 5 nitrogen and oxygen atoms in total. The average molecular weight is 504 g/mol. The number of ketones is 2. The second kappa shape index (κ2) is 8.93. The lowest BCUT2D eigenvalue weighted by Gasteiger charge is -2.43. The summed E-state index contributed by atoms with van der Waals surface area (Å²) in [6.45, 7) is 5.86. The molecule has 2 aromatic carbocycles. The lowest BCUT2D eigenvalue weighted by molar-refractivity contribution is 0.0266. The molecule has 0 amide bonds. The third-order valence-electron chi connectivity index (χ3n) is 6.90. The number of rotatable bonds is 5.